The Morgan fingerprint density at radius 2 is 1.39 bits per heavy atom. The van der Waals surface area contributed by atoms with Crippen LogP contribution in [0.15, 0.2) is 55.2 Å². The number of likely N-dealkylation sites (N-methyl/N-ethyl adjacent to an activating group) is 1. The highest BCUT2D eigenvalue weighted by atomic mass is 19.1. The monoisotopic (exact) mass is 802 g/mol. The highest BCUT2D eigenvalue weighted by Crippen LogP contribution is 2.39. The van der Waals surface area contributed by atoms with Crippen molar-refractivity contribution in [1.82, 2.24) is 60.0 Å². The average molecular weight is 803 g/mol. The maximum absolute atomic E-state index is 14.9. The number of amides is 2. The minimum Gasteiger partial charge on any atom is -0.349 e. The summed E-state index contributed by atoms with van der Waals surface area (Å²) in [5.74, 6) is -0.182. The Balaban J connectivity index is 1.05. The smallest absolute Gasteiger partial charge is 0.271 e. The van der Waals surface area contributed by atoms with E-state index >= 15 is 0 Å². The lowest BCUT2D eigenvalue weighted by atomic mass is 10.00. The van der Waals surface area contributed by atoms with Crippen molar-refractivity contribution in [3.63, 3.8) is 0 Å². The first-order valence-electron chi connectivity index (χ1n) is 20.4. The molecule has 59 heavy (non-hydrogen) atoms. The maximum Gasteiger partial charge on any atom is 0.271 e. The fourth-order valence-electron chi connectivity index (χ4n) is 9.29. The molecule has 0 radical (unpaired) electrons. The normalized spacial score (nSPS) is 20.7. The Kier molecular flexibility index (Phi) is 9.39. The topological polar surface area (TPSA) is 157 Å². The van der Waals surface area contributed by atoms with E-state index in [4.69, 9.17) is 15.1 Å². The van der Waals surface area contributed by atoms with Gasteiger partial charge in [0.1, 0.15) is 34.4 Å². The van der Waals surface area contributed by atoms with Crippen LogP contribution in [0, 0.1) is 11.6 Å². The van der Waals surface area contributed by atoms with Crippen LogP contribution in [0.25, 0.3) is 11.3 Å². The van der Waals surface area contributed by atoms with Crippen LogP contribution in [0.4, 0.5) is 20.4 Å². The van der Waals surface area contributed by atoms with E-state index in [1.54, 1.807) is 27.4 Å². The molecule has 10 rings (SSSR count). The molecule has 16 nitrogen and oxygen atoms in total. The lowest BCUT2D eigenvalue weighted by Gasteiger charge is -2.31. The van der Waals surface area contributed by atoms with Crippen molar-refractivity contribution >= 4 is 34.7 Å². The molecule has 6 aromatic rings. The van der Waals surface area contributed by atoms with Crippen molar-refractivity contribution in [3.05, 3.63) is 106 Å². The molecule has 3 atom stereocenters. The van der Waals surface area contributed by atoms with Gasteiger partial charge in [0.25, 0.3) is 11.8 Å². The Morgan fingerprint density at radius 3 is 2.10 bits per heavy atom. The van der Waals surface area contributed by atoms with E-state index < -0.39 is 11.6 Å². The molecule has 2 fully saturated rings. The molecular formula is C41H44F2N14O2. The van der Waals surface area contributed by atoms with Gasteiger partial charge >= 0.3 is 0 Å². The molecule has 6 aromatic heterocycles. The summed E-state index contributed by atoms with van der Waals surface area (Å²) in [6.45, 7) is 6.76. The molecule has 1 unspecified atom stereocenters. The van der Waals surface area contributed by atoms with Gasteiger partial charge in [-0.1, -0.05) is 6.92 Å². The van der Waals surface area contributed by atoms with Crippen molar-refractivity contribution in [3.8, 4) is 0 Å². The zero-order chi connectivity index (χ0) is 40.4. The molecule has 0 spiro atoms. The highest BCUT2D eigenvalue weighted by Gasteiger charge is 2.34. The van der Waals surface area contributed by atoms with Gasteiger partial charge in [0.2, 0.25) is 0 Å². The number of hydrogen-bond donors (Lipinski definition) is 2. The largest absolute Gasteiger partial charge is 0.349 e. The zero-order valence-electron chi connectivity index (χ0n) is 32.9. The van der Waals surface area contributed by atoms with Gasteiger partial charge in [-0.25, -0.2) is 37.8 Å². The Morgan fingerprint density at radius 1 is 0.763 bits per heavy atom. The van der Waals surface area contributed by atoms with Gasteiger partial charge < -0.3 is 9.80 Å². The van der Waals surface area contributed by atoms with Crippen LogP contribution in [0.1, 0.15) is 101 Å². The Hall–Kier alpha value is -6.14. The van der Waals surface area contributed by atoms with Gasteiger partial charge in [0.05, 0.1) is 36.9 Å². The summed E-state index contributed by atoms with van der Waals surface area (Å²) in [4.78, 5) is 51.6. The third-order valence-electron chi connectivity index (χ3n) is 12.3. The van der Waals surface area contributed by atoms with Crippen molar-refractivity contribution < 1.29 is 18.4 Å². The molecule has 304 valence electrons. The van der Waals surface area contributed by atoms with E-state index in [2.05, 4.69) is 35.7 Å². The van der Waals surface area contributed by atoms with Crippen molar-refractivity contribution in [2.24, 2.45) is 0 Å². The van der Waals surface area contributed by atoms with Crippen LogP contribution in [0.2, 0.25) is 0 Å². The molecule has 0 saturated carbocycles. The van der Waals surface area contributed by atoms with Crippen molar-refractivity contribution in [2.45, 2.75) is 76.9 Å². The SMILES string of the molecule is CCN1CCc2ncc(F)cc2[C@H]2CCCN2c2cc(CC(C)N3CCc4ncc(F)cc4[C@H]4CCCN4c4ccn5ncc(c5n4)C(=O)N3)n3ncc(c3n2)C(=O)N1. The van der Waals surface area contributed by atoms with Gasteiger partial charge in [-0.15, -0.1) is 0 Å². The number of carbonyl (C=O) groups excluding carboxylic acids is 2. The fraction of sp³-hybridized carbons (Fsp3) is 0.415. The molecule has 2 amide bonds. The lowest BCUT2D eigenvalue weighted by Crippen LogP contribution is -2.49. The second-order valence-electron chi connectivity index (χ2n) is 15.8. The molecule has 10 heterocycles. The number of fused-ring (bicyclic) bond motifs is 10. The quantitative estimate of drug-likeness (QED) is 0.263. The minimum atomic E-state index is -0.404. The van der Waals surface area contributed by atoms with Gasteiger partial charge in [-0.05, 0) is 61.9 Å². The van der Waals surface area contributed by atoms with Crippen LogP contribution in [-0.2, 0) is 19.3 Å². The van der Waals surface area contributed by atoms with Crippen LogP contribution >= 0.6 is 0 Å². The summed E-state index contributed by atoms with van der Waals surface area (Å²) >= 11 is 0. The first-order chi connectivity index (χ1) is 28.7. The number of aromatic nitrogens is 8. The highest BCUT2D eigenvalue weighted by molar-refractivity contribution is 6.00. The summed E-state index contributed by atoms with van der Waals surface area (Å²) in [6.07, 6.45) is 12.0. The molecule has 4 aliphatic heterocycles. The Labute approximate surface area is 338 Å². The minimum absolute atomic E-state index is 0.137. The number of carbonyl (C=O) groups is 2. The van der Waals surface area contributed by atoms with Gasteiger partial charge in [-0.3, -0.25) is 30.4 Å². The molecule has 0 aliphatic carbocycles. The molecule has 4 bridgehead atoms. The number of nitrogens with one attached hydrogen (secondary N) is 2. The van der Waals surface area contributed by atoms with Crippen LogP contribution in [-0.4, -0.2) is 99.8 Å². The van der Waals surface area contributed by atoms with Gasteiger partial charge in [-0.2, -0.15) is 10.2 Å². The third kappa shape index (κ3) is 6.69. The third-order valence-corrected chi connectivity index (χ3v) is 12.3. The van der Waals surface area contributed by atoms with E-state index in [1.165, 1.54) is 24.8 Å². The van der Waals surface area contributed by atoms with Gasteiger partial charge in [0.15, 0.2) is 11.3 Å². The summed E-state index contributed by atoms with van der Waals surface area (Å²) in [6, 6.07) is 6.37. The molecule has 18 heteroatoms. The molecule has 2 N–H and O–H groups in total. The molecular weight excluding hydrogens is 759 g/mol. The average Bonchev–Trinajstić information content (AvgIpc) is 4.07. The van der Waals surface area contributed by atoms with Gasteiger partial charge in [0, 0.05) is 87.4 Å². The molecule has 0 aromatic carbocycles. The van der Waals surface area contributed by atoms with E-state index in [9.17, 15) is 18.4 Å². The van der Waals surface area contributed by atoms with E-state index in [-0.39, 0.29) is 29.9 Å². The molecule has 4 aliphatic rings. The molecule has 2 saturated heterocycles. The van der Waals surface area contributed by atoms with E-state index in [1.807, 2.05) is 36.0 Å². The van der Waals surface area contributed by atoms with E-state index in [0.29, 0.717) is 79.5 Å². The number of pyridine rings is 2. The first kappa shape index (κ1) is 37.2. The lowest BCUT2D eigenvalue weighted by molar-refractivity contribution is 0.0704. The number of hydrazine groups is 2. The number of hydrogen-bond acceptors (Lipinski definition) is 12. The van der Waals surface area contributed by atoms with Crippen LogP contribution < -0.4 is 20.7 Å². The zero-order valence-corrected chi connectivity index (χ0v) is 32.9. The van der Waals surface area contributed by atoms with Crippen LogP contribution in [0.5, 0.6) is 0 Å². The predicted octanol–water partition coefficient (Wildman–Crippen LogP) is 4.18. The second kappa shape index (κ2) is 14.9. The summed E-state index contributed by atoms with van der Waals surface area (Å²) in [5.41, 5.74) is 11.5. The number of nitrogens with zero attached hydrogens (tertiary/aromatic N) is 12. The summed E-state index contributed by atoms with van der Waals surface area (Å²) in [7, 11) is 0. The van der Waals surface area contributed by atoms with Crippen LogP contribution in [0.3, 0.4) is 0 Å². The predicted molar refractivity (Wildman–Crippen MR) is 212 cm³/mol. The van der Waals surface area contributed by atoms with Crippen molar-refractivity contribution in [2.75, 3.05) is 42.5 Å². The van der Waals surface area contributed by atoms with Crippen molar-refractivity contribution in [1.29, 1.82) is 0 Å². The summed E-state index contributed by atoms with van der Waals surface area (Å²) in [5, 5.41) is 12.8. The number of halogens is 2. The van der Waals surface area contributed by atoms with E-state index in [0.717, 1.165) is 60.4 Å². The second-order valence-corrected chi connectivity index (χ2v) is 15.8. The standard InChI is InChI=1S/C41H44F2N14O2/c1-3-52-13-8-32-28(17-25(42)20-44-32)35-7-5-12-54(35)37-19-27(57-39(49-37)31(23-47-57)40(58)50-52)16-24(2)55-14-9-33-29(18-26(43)21-45-33)34-6-4-11-53(34)36-10-15-56-38(48-36)30(22-46-56)41(59)51-55/h10,15,17-24,34-35H,3-9,11-14,16H2,1-2H3,(H,50,58)(H,51,59)/t24?,34-,35-/m1/s1. The number of anilines is 2. The Bertz CT molecular complexity index is 2610. The summed E-state index contributed by atoms with van der Waals surface area (Å²) < 4.78 is 33.1. The number of rotatable bonds is 4. The fourth-order valence-corrected chi connectivity index (χ4v) is 9.29. The maximum atomic E-state index is 14.9. The first-order valence-corrected chi connectivity index (χ1v) is 20.4.